The average molecular weight is 245 g/mol. The lowest BCUT2D eigenvalue weighted by molar-refractivity contribution is -0.159. The van der Waals surface area contributed by atoms with E-state index in [-0.39, 0.29) is 6.61 Å². The third-order valence-electron chi connectivity index (χ3n) is 3.24. The first-order valence-corrected chi connectivity index (χ1v) is 5.82. The van der Waals surface area contributed by atoms with E-state index in [0.29, 0.717) is 13.1 Å². The summed E-state index contributed by atoms with van der Waals surface area (Å²) in [6, 6.07) is 0. The quantitative estimate of drug-likeness (QED) is 0.761. The first-order chi connectivity index (χ1) is 7.51. The second-order valence-electron chi connectivity index (χ2n) is 6.33. The fourth-order valence-electron chi connectivity index (χ4n) is 1.82. The lowest BCUT2D eigenvalue weighted by Crippen LogP contribution is -2.68. The van der Waals surface area contributed by atoms with Crippen LogP contribution in [0, 0.1) is 5.41 Å². The second-order valence-corrected chi connectivity index (χ2v) is 6.33. The van der Waals surface area contributed by atoms with Crippen LogP contribution >= 0.6 is 0 Å². The molecule has 1 rings (SSSR count). The van der Waals surface area contributed by atoms with Crippen LogP contribution in [0.1, 0.15) is 34.6 Å². The van der Waals surface area contributed by atoms with Gasteiger partial charge in [0, 0.05) is 13.1 Å². The largest absolute Gasteiger partial charge is 0.444 e. The van der Waals surface area contributed by atoms with Crippen molar-refractivity contribution in [1.82, 2.24) is 4.90 Å². The van der Waals surface area contributed by atoms with E-state index in [4.69, 9.17) is 4.74 Å². The zero-order chi connectivity index (χ0) is 13.5. The van der Waals surface area contributed by atoms with E-state index < -0.39 is 22.7 Å². The van der Waals surface area contributed by atoms with Crippen LogP contribution in [-0.2, 0) is 4.74 Å². The van der Waals surface area contributed by atoms with Crippen molar-refractivity contribution >= 4 is 6.09 Å². The van der Waals surface area contributed by atoms with Gasteiger partial charge in [0.1, 0.15) is 5.60 Å². The Hall–Kier alpha value is -0.810. The number of amides is 1. The highest BCUT2D eigenvalue weighted by atomic mass is 16.6. The van der Waals surface area contributed by atoms with Crippen LogP contribution < -0.4 is 0 Å². The van der Waals surface area contributed by atoms with Crippen molar-refractivity contribution in [2.75, 3.05) is 19.7 Å². The van der Waals surface area contributed by atoms with E-state index in [1.807, 2.05) is 0 Å². The van der Waals surface area contributed by atoms with Gasteiger partial charge in [0.15, 0.2) is 0 Å². The standard InChI is InChI=1S/C12H23NO4/c1-10(2,3)17-9(15)13-6-12(7-13,8-14)11(4,5)16/h14,16H,6-8H2,1-5H3. The summed E-state index contributed by atoms with van der Waals surface area (Å²) in [4.78, 5) is 13.2. The number of aliphatic hydroxyl groups is 2. The Morgan fingerprint density at radius 2 is 1.76 bits per heavy atom. The third-order valence-corrected chi connectivity index (χ3v) is 3.24. The fourth-order valence-corrected chi connectivity index (χ4v) is 1.82. The Kier molecular flexibility index (Phi) is 3.47. The maximum atomic E-state index is 11.7. The highest BCUT2D eigenvalue weighted by molar-refractivity contribution is 5.69. The minimum absolute atomic E-state index is 0.143. The van der Waals surface area contributed by atoms with Gasteiger partial charge in [-0.25, -0.2) is 4.79 Å². The molecule has 0 saturated carbocycles. The molecule has 1 heterocycles. The molecular formula is C12H23NO4. The van der Waals surface area contributed by atoms with Crippen molar-refractivity contribution < 1.29 is 19.7 Å². The molecule has 0 aromatic carbocycles. The molecule has 17 heavy (non-hydrogen) atoms. The van der Waals surface area contributed by atoms with Crippen LogP contribution in [-0.4, -0.2) is 52.1 Å². The summed E-state index contributed by atoms with van der Waals surface area (Å²) < 4.78 is 5.22. The molecule has 5 heteroatoms. The Morgan fingerprint density at radius 1 is 1.29 bits per heavy atom. The van der Waals surface area contributed by atoms with Crippen molar-refractivity contribution in [2.24, 2.45) is 5.41 Å². The lowest BCUT2D eigenvalue weighted by atomic mass is 9.68. The van der Waals surface area contributed by atoms with Gasteiger partial charge in [0.2, 0.25) is 0 Å². The van der Waals surface area contributed by atoms with Gasteiger partial charge in [0.25, 0.3) is 0 Å². The van der Waals surface area contributed by atoms with Gasteiger partial charge in [-0.15, -0.1) is 0 Å². The Bertz CT molecular complexity index is 295. The van der Waals surface area contributed by atoms with Crippen LogP contribution in [0.3, 0.4) is 0 Å². The number of ether oxygens (including phenoxy) is 1. The van der Waals surface area contributed by atoms with E-state index >= 15 is 0 Å². The van der Waals surface area contributed by atoms with Gasteiger partial charge in [-0.3, -0.25) is 0 Å². The molecule has 0 aliphatic carbocycles. The summed E-state index contributed by atoms with van der Waals surface area (Å²) in [6.45, 7) is 9.21. The van der Waals surface area contributed by atoms with Crippen LogP contribution in [0.2, 0.25) is 0 Å². The summed E-state index contributed by atoms with van der Waals surface area (Å²) in [7, 11) is 0. The molecule has 2 N–H and O–H groups in total. The van der Waals surface area contributed by atoms with Gasteiger partial charge in [0.05, 0.1) is 17.6 Å². The van der Waals surface area contributed by atoms with Crippen molar-refractivity contribution in [3.63, 3.8) is 0 Å². The molecular weight excluding hydrogens is 222 g/mol. The van der Waals surface area contributed by atoms with Gasteiger partial charge in [-0.05, 0) is 34.6 Å². The maximum Gasteiger partial charge on any atom is 0.410 e. The molecule has 0 spiro atoms. The zero-order valence-corrected chi connectivity index (χ0v) is 11.3. The molecule has 0 unspecified atom stereocenters. The van der Waals surface area contributed by atoms with Crippen LogP contribution in [0.15, 0.2) is 0 Å². The molecule has 1 aliphatic rings. The predicted molar refractivity (Wildman–Crippen MR) is 63.6 cm³/mol. The summed E-state index contributed by atoms with van der Waals surface area (Å²) >= 11 is 0. The Morgan fingerprint density at radius 3 is 2.06 bits per heavy atom. The molecule has 0 aromatic heterocycles. The van der Waals surface area contributed by atoms with Crippen molar-refractivity contribution in [3.05, 3.63) is 0 Å². The third kappa shape index (κ3) is 2.90. The summed E-state index contributed by atoms with van der Waals surface area (Å²) in [6.07, 6.45) is -0.397. The molecule has 1 fully saturated rings. The summed E-state index contributed by atoms with van der Waals surface area (Å²) in [5, 5.41) is 19.3. The number of hydrogen-bond donors (Lipinski definition) is 2. The molecule has 0 bridgehead atoms. The highest BCUT2D eigenvalue weighted by Gasteiger charge is 2.54. The SMILES string of the molecule is CC(C)(C)OC(=O)N1CC(CO)(C(C)(C)O)C1. The van der Waals surface area contributed by atoms with Crippen molar-refractivity contribution in [3.8, 4) is 0 Å². The highest BCUT2D eigenvalue weighted by Crippen LogP contribution is 2.40. The number of carbonyl (C=O) groups excluding carboxylic acids is 1. The van der Waals surface area contributed by atoms with Crippen LogP contribution in [0.25, 0.3) is 0 Å². The molecule has 1 aliphatic heterocycles. The number of rotatable bonds is 2. The molecule has 0 atom stereocenters. The van der Waals surface area contributed by atoms with Crippen molar-refractivity contribution in [2.45, 2.75) is 45.8 Å². The zero-order valence-electron chi connectivity index (χ0n) is 11.3. The number of hydrogen-bond acceptors (Lipinski definition) is 4. The average Bonchev–Trinajstić information content (AvgIpc) is 1.95. The van der Waals surface area contributed by atoms with E-state index in [9.17, 15) is 15.0 Å². The van der Waals surface area contributed by atoms with Gasteiger partial charge < -0.3 is 19.8 Å². The molecule has 1 saturated heterocycles. The van der Waals surface area contributed by atoms with E-state index in [0.717, 1.165) is 0 Å². The smallest absolute Gasteiger partial charge is 0.410 e. The molecule has 0 aromatic rings. The number of nitrogens with zero attached hydrogens (tertiary/aromatic N) is 1. The van der Waals surface area contributed by atoms with E-state index in [2.05, 4.69) is 0 Å². The predicted octanol–water partition coefficient (Wildman–Crippen LogP) is 0.987. The second kappa shape index (κ2) is 4.14. The lowest BCUT2D eigenvalue weighted by Gasteiger charge is -2.54. The first-order valence-electron chi connectivity index (χ1n) is 5.82. The van der Waals surface area contributed by atoms with E-state index in [1.165, 1.54) is 4.90 Å². The molecule has 0 radical (unpaired) electrons. The van der Waals surface area contributed by atoms with Gasteiger partial charge in [-0.1, -0.05) is 0 Å². The van der Waals surface area contributed by atoms with Crippen molar-refractivity contribution in [1.29, 1.82) is 0 Å². The Labute approximate surface area is 102 Å². The van der Waals surface area contributed by atoms with E-state index in [1.54, 1.807) is 34.6 Å². The van der Waals surface area contributed by atoms with Gasteiger partial charge >= 0.3 is 6.09 Å². The fraction of sp³-hybridized carbons (Fsp3) is 0.917. The van der Waals surface area contributed by atoms with Crippen LogP contribution in [0.5, 0.6) is 0 Å². The summed E-state index contributed by atoms with van der Waals surface area (Å²) in [5.41, 5.74) is -2.17. The Balaban J connectivity index is 2.59. The summed E-state index contributed by atoms with van der Waals surface area (Å²) in [5.74, 6) is 0. The first kappa shape index (κ1) is 14.3. The number of likely N-dealkylation sites (tertiary alicyclic amines) is 1. The number of carbonyl (C=O) groups is 1. The minimum Gasteiger partial charge on any atom is -0.444 e. The molecule has 100 valence electrons. The topological polar surface area (TPSA) is 70.0 Å². The van der Waals surface area contributed by atoms with Crippen LogP contribution in [0.4, 0.5) is 4.79 Å². The molecule has 1 amide bonds. The van der Waals surface area contributed by atoms with Gasteiger partial charge in [-0.2, -0.15) is 0 Å². The maximum absolute atomic E-state index is 11.7. The molecule has 5 nitrogen and oxygen atoms in total. The number of aliphatic hydroxyl groups excluding tert-OH is 1. The monoisotopic (exact) mass is 245 g/mol. The minimum atomic E-state index is -1.01. The normalized spacial score (nSPS) is 19.8.